The Morgan fingerprint density at radius 2 is 1.78 bits per heavy atom. The summed E-state index contributed by atoms with van der Waals surface area (Å²) in [5.74, 6) is 1.67. The van der Waals surface area contributed by atoms with Gasteiger partial charge in [-0.25, -0.2) is 9.97 Å². The number of anilines is 3. The van der Waals surface area contributed by atoms with E-state index in [0.29, 0.717) is 0 Å². The SMILES string of the molecule is CN1[CH-]N(c2[c-]c([Si](C)(C)c3[c-]cc4c(ccn4Cc4[c-]cccc4)c3)ccc2)c2nccnc21.[Pt+4]. The van der Waals surface area contributed by atoms with Gasteiger partial charge < -0.3 is 14.4 Å². The van der Waals surface area contributed by atoms with Crippen molar-refractivity contribution in [3.05, 3.63) is 110 Å². The number of rotatable bonds is 5. The van der Waals surface area contributed by atoms with Crippen molar-refractivity contribution < 1.29 is 21.1 Å². The molecule has 0 N–H and O–H groups in total. The molecule has 0 bridgehead atoms. The molecule has 3 aromatic carbocycles. The predicted molar refractivity (Wildman–Crippen MR) is 144 cm³/mol. The second kappa shape index (κ2) is 9.68. The number of hydrogen-bond donors (Lipinski definition) is 0. The normalized spacial score (nSPS) is 13.1. The fourth-order valence-corrected chi connectivity index (χ4v) is 6.85. The van der Waals surface area contributed by atoms with E-state index >= 15 is 0 Å². The number of benzene rings is 3. The molecule has 0 unspecified atom stereocenters. The van der Waals surface area contributed by atoms with E-state index < -0.39 is 8.07 Å². The molecule has 36 heavy (non-hydrogen) atoms. The van der Waals surface area contributed by atoms with E-state index in [4.69, 9.17) is 0 Å². The van der Waals surface area contributed by atoms with Crippen LogP contribution in [0.1, 0.15) is 5.56 Å². The Hall–Kier alpha value is -3.21. The van der Waals surface area contributed by atoms with E-state index in [9.17, 15) is 0 Å². The van der Waals surface area contributed by atoms with E-state index in [-0.39, 0.29) is 21.1 Å². The molecular formula is C29H25N5PtSi. The molecule has 0 saturated heterocycles. The molecule has 2 aromatic heterocycles. The summed E-state index contributed by atoms with van der Waals surface area (Å²) in [6.45, 7) is 7.55. The molecule has 0 spiro atoms. The van der Waals surface area contributed by atoms with Gasteiger partial charge in [0.2, 0.25) is 0 Å². The maximum Gasteiger partial charge on any atom is 4.00 e. The largest absolute Gasteiger partial charge is 4.00 e. The second-order valence-electron chi connectivity index (χ2n) is 9.39. The van der Waals surface area contributed by atoms with E-state index in [1.165, 1.54) is 26.8 Å². The van der Waals surface area contributed by atoms with Gasteiger partial charge in [0, 0.05) is 18.9 Å². The Kier molecular flexibility index (Phi) is 6.58. The van der Waals surface area contributed by atoms with Crippen molar-refractivity contribution >= 4 is 46.7 Å². The van der Waals surface area contributed by atoms with Crippen LogP contribution in [0.4, 0.5) is 17.3 Å². The fourth-order valence-electron chi connectivity index (χ4n) is 4.65. The standard InChI is InChI=1S/C29H25N5Si.Pt/c1-32-21-34(29-28(32)30-15-16-31-29)24-10-7-11-25(19-24)35(2,3)26-12-13-27-23(18-26)14-17-33(27)20-22-8-5-4-6-9-22;/h4-8,10-11,13-18,21H,20H2,1-3H3;/q-4;+4. The van der Waals surface area contributed by atoms with Crippen LogP contribution < -0.4 is 20.2 Å². The molecule has 0 atom stereocenters. The summed E-state index contributed by atoms with van der Waals surface area (Å²) < 4.78 is 2.26. The molecule has 5 nitrogen and oxygen atoms in total. The van der Waals surface area contributed by atoms with Crippen molar-refractivity contribution in [1.29, 1.82) is 0 Å². The minimum atomic E-state index is -2.05. The smallest absolute Gasteiger partial charge is 0.487 e. The second-order valence-corrected chi connectivity index (χ2v) is 13.7. The Bertz CT molecular complexity index is 1510. The Morgan fingerprint density at radius 3 is 2.58 bits per heavy atom. The van der Waals surface area contributed by atoms with E-state index in [0.717, 1.165) is 23.9 Å². The van der Waals surface area contributed by atoms with Gasteiger partial charge in [-0.05, 0) is 13.2 Å². The van der Waals surface area contributed by atoms with Crippen LogP contribution in [-0.4, -0.2) is 29.7 Å². The first-order chi connectivity index (χ1) is 17.0. The van der Waals surface area contributed by atoms with Gasteiger partial charge in [-0.3, -0.25) is 0 Å². The van der Waals surface area contributed by atoms with Crippen molar-refractivity contribution in [3.63, 3.8) is 0 Å². The van der Waals surface area contributed by atoms with Crippen molar-refractivity contribution in [1.82, 2.24) is 14.5 Å². The number of hydrogen-bond acceptors (Lipinski definition) is 4. The van der Waals surface area contributed by atoms with Crippen LogP contribution in [0, 0.1) is 24.9 Å². The zero-order valence-electron chi connectivity index (χ0n) is 20.3. The Labute approximate surface area is 227 Å². The van der Waals surface area contributed by atoms with E-state index in [2.05, 4.69) is 105 Å². The first-order valence-corrected chi connectivity index (χ1v) is 14.7. The van der Waals surface area contributed by atoms with Crippen molar-refractivity contribution in [2.45, 2.75) is 19.6 Å². The van der Waals surface area contributed by atoms with Gasteiger partial charge in [0.1, 0.15) is 11.6 Å². The van der Waals surface area contributed by atoms with Gasteiger partial charge >= 0.3 is 21.1 Å². The van der Waals surface area contributed by atoms with Crippen LogP contribution in [0.3, 0.4) is 0 Å². The van der Waals surface area contributed by atoms with Gasteiger partial charge in [0.05, 0.1) is 8.07 Å². The zero-order valence-corrected chi connectivity index (χ0v) is 23.6. The molecular weight excluding hydrogens is 642 g/mol. The van der Waals surface area contributed by atoms with E-state index in [1.807, 2.05) is 30.7 Å². The molecule has 3 heterocycles. The molecule has 1 aliphatic rings. The fraction of sp³-hybridized carbons (Fsp3) is 0.138. The average molecular weight is 667 g/mol. The molecule has 5 aromatic rings. The third kappa shape index (κ3) is 4.29. The minimum Gasteiger partial charge on any atom is -0.487 e. The summed E-state index contributed by atoms with van der Waals surface area (Å²) in [4.78, 5) is 13.1. The maximum absolute atomic E-state index is 4.56. The van der Waals surface area contributed by atoms with Crippen LogP contribution >= 0.6 is 0 Å². The third-order valence-electron chi connectivity index (χ3n) is 6.71. The summed E-state index contributed by atoms with van der Waals surface area (Å²) in [5, 5.41) is 3.74. The molecule has 6 rings (SSSR count). The first-order valence-electron chi connectivity index (χ1n) is 11.7. The summed E-state index contributed by atoms with van der Waals surface area (Å²) in [6, 6.07) is 31.8. The van der Waals surface area contributed by atoms with Crippen molar-refractivity contribution in [2.75, 3.05) is 16.8 Å². The van der Waals surface area contributed by atoms with Crippen LogP contribution in [0.25, 0.3) is 10.9 Å². The van der Waals surface area contributed by atoms with Gasteiger partial charge in [0.15, 0.2) is 0 Å². The third-order valence-corrected chi connectivity index (χ3v) is 9.99. The van der Waals surface area contributed by atoms with Gasteiger partial charge in [-0.15, -0.1) is 23.3 Å². The molecule has 7 heteroatoms. The number of aromatic nitrogens is 3. The molecule has 1 aliphatic heterocycles. The molecule has 0 fully saturated rings. The summed E-state index contributed by atoms with van der Waals surface area (Å²) in [6.07, 6.45) is 5.61. The zero-order chi connectivity index (χ0) is 24.0. The summed E-state index contributed by atoms with van der Waals surface area (Å²) in [7, 11) is -0.0570. The summed E-state index contributed by atoms with van der Waals surface area (Å²) in [5.41, 5.74) is 3.34. The molecule has 0 aliphatic carbocycles. The molecule has 0 radical (unpaired) electrons. The first kappa shape index (κ1) is 24.5. The van der Waals surface area contributed by atoms with E-state index in [1.54, 1.807) is 12.4 Å². The van der Waals surface area contributed by atoms with Crippen LogP contribution in [0.5, 0.6) is 0 Å². The van der Waals surface area contributed by atoms with Crippen LogP contribution in [0.15, 0.2) is 79.3 Å². The van der Waals surface area contributed by atoms with Crippen LogP contribution in [-0.2, 0) is 27.6 Å². The monoisotopic (exact) mass is 666 g/mol. The van der Waals surface area contributed by atoms with Gasteiger partial charge in [-0.2, -0.15) is 83.2 Å². The maximum atomic E-state index is 4.56. The average Bonchev–Trinajstić information content (AvgIpc) is 3.45. The number of nitrogens with zero attached hydrogens (tertiary/aromatic N) is 5. The molecule has 0 saturated carbocycles. The Morgan fingerprint density at radius 1 is 0.944 bits per heavy atom. The molecule has 0 amide bonds. The summed E-state index contributed by atoms with van der Waals surface area (Å²) >= 11 is 0. The van der Waals surface area contributed by atoms with Gasteiger partial charge in [-0.1, -0.05) is 24.7 Å². The Balaban J connectivity index is 0.00000267. The quantitative estimate of drug-likeness (QED) is 0.206. The van der Waals surface area contributed by atoms with Crippen LogP contribution in [0.2, 0.25) is 13.1 Å². The topological polar surface area (TPSA) is 37.2 Å². The predicted octanol–water partition coefficient (Wildman–Crippen LogP) is 4.41. The van der Waals surface area contributed by atoms with Gasteiger partial charge in [0.25, 0.3) is 0 Å². The molecule has 180 valence electrons. The van der Waals surface area contributed by atoms with Crippen molar-refractivity contribution in [3.8, 4) is 0 Å². The minimum absolute atomic E-state index is 0. The van der Waals surface area contributed by atoms with Crippen molar-refractivity contribution in [2.24, 2.45) is 0 Å². The number of fused-ring (bicyclic) bond motifs is 2.